The number of esters is 1. The zero-order valence-corrected chi connectivity index (χ0v) is 9.02. The molecule has 0 aromatic rings. The van der Waals surface area contributed by atoms with E-state index in [0.717, 1.165) is 0 Å². The molecule has 0 atom stereocenters. The van der Waals surface area contributed by atoms with E-state index in [2.05, 4.69) is 18.6 Å². The van der Waals surface area contributed by atoms with E-state index in [1.165, 1.54) is 26.2 Å². The molecule has 2 nitrogen and oxygen atoms in total. The maximum absolute atomic E-state index is 10.0. The Morgan fingerprint density at radius 3 is 1.67 bits per heavy atom. The summed E-state index contributed by atoms with van der Waals surface area (Å²) in [6.45, 7) is 9.47. The third-order valence-corrected chi connectivity index (χ3v) is 1.11. The molecule has 0 aromatic carbocycles. The Balaban J connectivity index is 0. The first-order chi connectivity index (χ1) is 5.54. The van der Waals surface area contributed by atoms with Gasteiger partial charge in [-0.15, -0.1) is 0 Å². The topological polar surface area (TPSA) is 26.3 Å². The second-order valence-corrected chi connectivity index (χ2v) is 3.01. The Morgan fingerprint density at radius 1 is 1.25 bits per heavy atom. The van der Waals surface area contributed by atoms with Crippen molar-refractivity contribution >= 4 is 5.97 Å². The highest BCUT2D eigenvalue weighted by molar-refractivity contribution is 5.66. The van der Waals surface area contributed by atoms with Crippen molar-refractivity contribution in [1.29, 1.82) is 0 Å². The second kappa shape index (κ2) is 10.5. The molecule has 0 saturated heterocycles. The largest absolute Gasteiger partial charge is 0.463 e. The zero-order valence-electron chi connectivity index (χ0n) is 9.02. The van der Waals surface area contributed by atoms with Gasteiger partial charge in [-0.3, -0.25) is 4.79 Å². The lowest BCUT2D eigenvalue weighted by molar-refractivity contribution is -0.144. The van der Waals surface area contributed by atoms with Crippen molar-refractivity contribution in [3.05, 3.63) is 0 Å². The van der Waals surface area contributed by atoms with Gasteiger partial charge in [0.2, 0.25) is 0 Å². The Bertz CT molecular complexity index is 96.0. The van der Waals surface area contributed by atoms with Gasteiger partial charge in [-0.05, 0) is 13.8 Å². The van der Waals surface area contributed by atoms with Crippen LogP contribution in [-0.4, -0.2) is 12.1 Å². The van der Waals surface area contributed by atoms with Gasteiger partial charge >= 0.3 is 5.97 Å². The molecule has 0 aliphatic rings. The molecular weight excluding hydrogens is 152 g/mol. The summed E-state index contributed by atoms with van der Waals surface area (Å²) < 4.78 is 4.61. The van der Waals surface area contributed by atoms with Gasteiger partial charge in [0.05, 0.1) is 6.10 Å². The van der Waals surface area contributed by atoms with Crippen LogP contribution in [0.15, 0.2) is 0 Å². The van der Waals surface area contributed by atoms with Crippen LogP contribution in [-0.2, 0) is 9.53 Å². The summed E-state index contributed by atoms with van der Waals surface area (Å²) in [4.78, 5) is 10.0. The Labute approximate surface area is 76.3 Å². The summed E-state index contributed by atoms with van der Waals surface area (Å²) in [6, 6.07) is 0. The molecule has 0 radical (unpaired) electrons. The Kier molecular flexibility index (Phi) is 12.2. The number of carbonyl (C=O) groups excluding carboxylic acids is 1. The first-order valence-electron chi connectivity index (χ1n) is 4.71. The van der Waals surface area contributed by atoms with Gasteiger partial charge in [-0.25, -0.2) is 0 Å². The zero-order chi connectivity index (χ0) is 9.98. The predicted octanol–water partition coefficient (Wildman–Crippen LogP) is 3.15. The molecule has 0 aliphatic heterocycles. The van der Waals surface area contributed by atoms with E-state index in [9.17, 15) is 4.79 Å². The lowest BCUT2D eigenvalue weighted by Crippen LogP contribution is -2.06. The Hall–Kier alpha value is -0.530. The van der Waals surface area contributed by atoms with Crippen molar-refractivity contribution in [2.75, 3.05) is 0 Å². The molecule has 0 spiro atoms. The summed E-state index contributed by atoms with van der Waals surface area (Å²) in [5, 5.41) is 0. The summed E-state index contributed by atoms with van der Waals surface area (Å²) in [5.41, 5.74) is 0. The number of hydrogen-bond donors (Lipinski definition) is 0. The highest BCUT2D eigenvalue weighted by Crippen LogP contribution is 1.88. The van der Waals surface area contributed by atoms with E-state index in [1.54, 1.807) is 0 Å². The molecule has 0 aliphatic carbocycles. The van der Waals surface area contributed by atoms with E-state index in [0.29, 0.717) is 0 Å². The van der Waals surface area contributed by atoms with Crippen LogP contribution in [0.2, 0.25) is 0 Å². The van der Waals surface area contributed by atoms with Crippen molar-refractivity contribution < 1.29 is 9.53 Å². The average molecular weight is 174 g/mol. The smallest absolute Gasteiger partial charge is 0.302 e. The molecule has 2 heteroatoms. The van der Waals surface area contributed by atoms with Gasteiger partial charge in [0.15, 0.2) is 0 Å². The van der Waals surface area contributed by atoms with Crippen LogP contribution in [0.1, 0.15) is 53.9 Å². The third-order valence-electron chi connectivity index (χ3n) is 1.11. The maximum atomic E-state index is 10.0. The molecule has 0 aromatic heterocycles. The highest BCUT2D eigenvalue weighted by Gasteiger charge is 1.93. The molecule has 0 saturated carbocycles. The summed E-state index contributed by atoms with van der Waals surface area (Å²) in [5.74, 6) is -0.213. The fraction of sp³-hybridized carbons (Fsp3) is 0.900. The van der Waals surface area contributed by atoms with E-state index >= 15 is 0 Å². The van der Waals surface area contributed by atoms with Crippen LogP contribution in [0.4, 0.5) is 0 Å². The van der Waals surface area contributed by atoms with Crippen molar-refractivity contribution in [1.82, 2.24) is 0 Å². The van der Waals surface area contributed by atoms with Gasteiger partial charge in [-0.2, -0.15) is 0 Å². The standard InChI is InChI=1S/C5H10O2.C5H12/c1-4(2)7-5(3)6;1-3-5-4-2/h4H,1-3H3;3-5H2,1-2H3. The van der Waals surface area contributed by atoms with Crippen molar-refractivity contribution in [3.8, 4) is 0 Å². The van der Waals surface area contributed by atoms with Crippen molar-refractivity contribution in [3.63, 3.8) is 0 Å². The lowest BCUT2D eigenvalue weighted by atomic mass is 10.3. The molecule has 0 bridgehead atoms. The van der Waals surface area contributed by atoms with Crippen molar-refractivity contribution in [2.24, 2.45) is 0 Å². The fourth-order valence-electron chi connectivity index (χ4n) is 0.685. The number of rotatable bonds is 3. The lowest BCUT2D eigenvalue weighted by Gasteiger charge is -2.01. The monoisotopic (exact) mass is 174 g/mol. The van der Waals surface area contributed by atoms with Gasteiger partial charge in [0, 0.05) is 6.92 Å². The first-order valence-corrected chi connectivity index (χ1v) is 4.71. The number of ether oxygens (including phenoxy) is 1. The van der Waals surface area contributed by atoms with Crippen LogP contribution in [0.5, 0.6) is 0 Å². The van der Waals surface area contributed by atoms with E-state index in [-0.39, 0.29) is 12.1 Å². The molecule has 74 valence electrons. The highest BCUT2D eigenvalue weighted by atomic mass is 16.5. The van der Waals surface area contributed by atoms with Gasteiger partial charge < -0.3 is 4.74 Å². The second-order valence-electron chi connectivity index (χ2n) is 3.01. The number of unbranched alkanes of at least 4 members (excludes halogenated alkanes) is 2. The van der Waals surface area contributed by atoms with E-state index < -0.39 is 0 Å². The quantitative estimate of drug-likeness (QED) is 0.614. The molecule has 0 heterocycles. The minimum Gasteiger partial charge on any atom is -0.463 e. The van der Waals surface area contributed by atoms with Gasteiger partial charge in [0.1, 0.15) is 0 Å². The van der Waals surface area contributed by atoms with Crippen LogP contribution in [0.25, 0.3) is 0 Å². The Morgan fingerprint density at radius 2 is 1.67 bits per heavy atom. The van der Waals surface area contributed by atoms with Gasteiger partial charge in [0.25, 0.3) is 0 Å². The van der Waals surface area contributed by atoms with Crippen LogP contribution in [0, 0.1) is 0 Å². The third kappa shape index (κ3) is 22.7. The molecule has 0 unspecified atom stereocenters. The minimum atomic E-state index is -0.213. The van der Waals surface area contributed by atoms with Gasteiger partial charge in [-0.1, -0.05) is 33.1 Å². The molecule has 0 rings (SSSR count). The normalized spacial score (nSPS) is 8.83. The van der Waals surface area contributed by atoms with Crippen LogP contribution in [0.3, 0.4) is 0 Å². The molecule has 0 N–H and O–H groups in total. The molecule has 0 amide bonds. The fourth-order valence-corrected chi connectivity index (χ4v) is 0.685. The van der Waals surface area contributed by atoms with Crippen molar-refractivity contribution in [2.45, 2.75) is 60.0 Å². The van der Waals surface area contributed by atoms with Crippen LogP contribution < -0.4 is 0 Å². The van der Waals surface area contributed by atoms with Crippen LogP contribution >= 0.6 is 0 Å². The molecule has 0 fully saturated rings. The molecule has 12 heavy (non-hydrogen) atoms. The predicted molar refractivity (Wildman–Crippen MR) is 52.1 cm³/mol. The number of hydrogen-bond acceptors (Lipinski definition) is 2. The van der Waals surface area contributed by atoms with E-state index in [1.807, 2.05) is 13.8 Å². The maximum Gasteiger partial charge on any atom is 0.302 e. The minimum absolute atomic E-state index is 0.0255. The summed E-state index contributed by atoms with van der Waals surface area (Å²) >= 11 is 0. The SMILES string of the molecule is CC(=O)OC(C)C.CCCCC. The molecular formula is C10H22O2. The van der Waals surface area contributed by atoms with E-state index in [4.69, 9.17) is 0 Å². The summed E-state index contributed by atoms with van der Waals surface area (Å²) in [6.07, 6.45) is 4.10. The summed E-state index contributed by atoms with van der Waals surface area (Å²) in [7, 11) is 0. The first kappa shape index (κ1) is 14.0. The number of carbonyl (C=O) groups is 1. The average Bonchev–Trinajstić information content (AvgIpc) is 1.87.